The van der Waals surface area contributed by atoms with Crippen LogP contribution in [-0.2, 0) is 23.1 Å². The van der Waals surface area contributed by atoms with E-state index in [0.29, 0.717) is 25.6 Å². The Morgan fingerprint density at radius 2 is 2.16 bits per heavy atom. The summed E-state index contributed by atoms with van der Waals surface area (Å²) in [6.45, 7) is 4.05. The van der Waals surface area contributed by atoms with Gasteiger partial charge in [0.25, 0.3) is 0 Å². The Hall–Kier alpha value is -2.45. The second kappa shape index (κ2) is 8.59. The van der Waals surface area contributed by atoms with Crippen LogP contribution in [0.3, 0.4) is 0 Å². The number of rotatable bonds is 5. The van der Waals surface area contributed by atoms with Crippen molar-refractivity contribution < 1.29 is 18.7 Å². The van der Waals surface area contributed by atoms with Crippen molar-refractivity contribution in [1.82, 2.24) is 20.0 Å². The van der Waals surface area contributed by atoms with Crippen molar-refractivity contribution >= 4 is 5.91 Å². The summed E-state index contributed by atoms with van der Waals surface area (Å²) >= 11 is 0. The SMILES string of the molecule is Cn1cc(CNC(=O)[C@@H]2CN(CC3CCOCC3)[C@H]3c4cc(F)ccc4OC[C@@H]23)cn1. The lowest BCUT2D eigenvalue weighted by molar-refractivity contribution is -0.126. The molecule has 0 bridgehead atoms. The minimum atomic E-state index is -0.265. The number of aryl methyl sites for hydroxylation is 1. The quantitative estimate of drug-likeness (QED) is 0.792. The number of likely N-dealkylation sites (tertiary alicyclic amines) is 1. The van der Waals surface area contributed by atoms with Gasteiger partial charge in [-0.25, -0.2) is 4.39 Å². The van der Waals surface area contributed by atoms with Gasteiger partial charge in [0.1, 0.15) is 11.6 Å². The van der Waals surface area contributed by atoms with Crippen molar-refractivity contribution in [2.24, 2.45) is 24.8 Å². The Morgan fingerprint density at radius 3 is 2.94 bits per heavy atom. The first-order chi connectivity index (χ1) is 15.1. The molecule has 7 nitrogen and oxygen atoms in total. The Kier molecular flexibility index (Phi) is 5.67. The molecular weight excluding hydrogens is 399 g/mol. The fraction of sp³-hybridized carbons (Fsp3) is 0.565. The molecule has 2 aromatic rings. The van der Waals surface area contributed by atoms with Crippen LogP contribution in [0.4, 0.5) is 4.39 Å². The minimum Gasteiger partial charge on any atom is -0.493 e. The number of ether oxygens (including phenoxy) is 2. The summed E-state index contributed by atoms with van der Waals surface area (Å²) in [5, 5.41) is 7.24. The summed E-state index contributed by atoms with van der Waals surface area (Å²) in [4.78, 5) is 15.6. The molecule has 0 unspecified atom stereocenters. The van der Waals surface area contributed by atoms with Crippen LogP contribution in [0.15, 0.2) is 30.6 Å². The van der Waals surface area contributed by atoms with Crippen molar-refractivity contribution in [3.63, 3.8) is 0 Å². The van der Waals surface area contributed by atoms with Crippen LogP contribution in [0.5, 0.6) is 5.75 Å². The molecule has 0 spiro atoms. The molecule has 2 saturated heterocycles. The minimum absolute atomic E-state index is 0.00281. The van der Waals surface area contributed by atoms with Gasteiger partial charge in [0.05, 0.1) is 18.7 Å². The van der Waals surface area contributed by atoms with Crippen LogP contribution in [0.2, 0.25) is 0 Å². The summed E-state index contributed by atoms with van der Waals surface area (Å²) in [6.07, 6.45) is 5.71. The molecular formula is C23H29FN4O3. The van der Waals surface area contributed by atoms with E-state index in [0.717, 1.165) is 49.5 Å². The predicted octanol–water partition coefficient (Wildman–Crippen LogP) is 2.28. The molecule has 1 N–H and O–H groups in total. The average Bonchev–Trinajstić information content (AvgIpc) is 3.36. The van der Waals surface area contributed by atoms with E-state index in [1.54, 1.807) is 23.0 Å². The van der Waals surface area contributed by atoms with E-state index in [1.165, 1.54) is 6.07 Å². The zero-order valence-electron chi connectivity index (χ0n) is 17.8. The van der Waals surface area contributed by atoms with Crippen LogP contribution in [0.25, 0.3) is 0 Å². The maximum atomic E-state index is 14.1. The van der Waals surface area contributed by atoms with Crippen LogP contribution < -0.4 is 10.1 Å². The third-order valence-corrected chi connectivity index (χ3v) is 6.86. The highest BCUT2D eigenvalue weighted by molar-refractivity contribution is 5.80. The van der Waals surface area contributed by atoms with Gasteiger partial charge in [-0.3, -0.25) is 14.4 Å². The highest BCUT2D eigenvalue weighted by Gasteiger charge is 2.49. The first kappa shape index (κ1) is 20.5. The van der Waals surface area contributed by atoms with Crippen molar-refractivity contribution in [2.45, 2.75) is 25.4 Å². The average molecular weight is 429 g/mol. The van der Waals surface area contributed by atoms with Gasteiger partial charge >= 0.3 is 0 Å². The summed E-state index contributed by atoms with van der Waals surface area (Å²) in [5.74, 6) is 0.832. The van der Waals surface area contributed by atoms with E-state index < -0.39 is 0 Å². The summed E-state index contributed by atoms with van der Waals surface area (Å²) in [5.41, 5.74) is 1.84. The number of carbonyl (C=O) groups is 1. The van der Waals surface area contributed by atoms with E-state index in [9.17, 15) is 9.18 Å². The number of benzene rings is 1. The standard InChI is InChI=1S/C23H29FN4O3/c1-27-11-16(10-26-27)9-25-23(29)19-13-28(12-15-4-6-30-7-5-15)22-18-8-17(24)2-3-21(18)31-14-20(19)22/h2-3,8,10-11,15,19-20,22H,4-7,9,12-14H2,1H3,(H,25,29)/t19-,20+,22+/m1/s1. The molecule has 166 valence electrons. The molecule has 2 fully saturated rings. The second-order valence-electron chi connectivity index (χ2n) is 8.96. The molecule has 4 heterocycles. The van der Waals surface area contributed by atoms with E-state index in [-0.39, 0.29) is 29.6 Å². The number of fused-ring (bicyclic) bond motifs is 3. The predicted molar refractivity (Wildman–Crippen MR) is 112 cm³/mol. The third-order valence-electron chi connectivity index (χ3n) is 6.86. The molecule has 0 saturated carbocycles. The first-order valence-corrected chi connectivity index (χ1v) is 11.1. The highest BCUT2D eigenvalue weighted by atomic mass is 19.1. The van der Waals surface area contributed by atoms with Crippen LogP contribution in [0, 0.1) is 23.6 Å². The van der Waals surface area contributed by atoms with Crippen molar-refractivity contribution in [2.75, 3.05) is 32.9 Å². The monoisotopic (exact) mass is 428 g/mol. The molecule has 31 heavy (non-hydrogen) atoms. The third kappa shape index (κ3) is 4.19. The van der Waals surface area contributed by atoms with Crippen LogP contribution in [-0.4, -0.2) is 53.5 Å². The Morgan fingerprint density at radius 1 is 1.32 bits per heavy atom. The largest absolute Gasteiger partial charge is 0.493 e. The van der Waals surface area contributed by atoms with Crippen LogP contribution >= 0.6 is 0 Å². The van der Waals surface area contributed by atoms with Gasteiger partial charge in [-0.1, -0.05) is 0 Å². The molecule has 1 amide bonds. The molecule has 3 aliphatic rings. The summed E-state index contributed by atoms with van der Waals surface area (Å²) < 4.78 is 27.3. The number of nitrogens with zero attached hydrogens (tertiary/aromatic N) is 3. The normalized spacial score (nSPS) is 26.2. The Labute approximate surface area is 181 Å². The van der Waals surface area contributed by atoms with Crippen LogP contribution in [0.1, 0.15) is 30.0 Å². The number of hydrogen-bond acceptors (Lipinski definition) is 5. The maximum absolute atomic E-state index is 14.1. The highest BCUT2D eigenvalue weighted by Crippen LogP contribution is 2.48. The molecule has 0 radical (unpaired) electrons. The molecule has 8 heteroatoms. The maximum Gasteiger partial charge on any atom is 0.225 e. The molecule has 5 rings (SSSR count). The van der Waals surface area contributed by atoms with Gasteiger partial charge in [0.15, 0.2) is 0 Å². The van der Waals surface area contributed by atoms with E-state index in [4.69, 9.17) is 9.47 Å². The van der Waals surface area contributed by atoms with Crippen molar-refractivity contribution in [3.8, 4) is 5.75 Å². The van der Waals surface area contributed by atoms with Gasteiger partial charge in [0, 0.05) is 69.2 Å². The molecule has 1 aromatic carbocycles. The van der Waals surface area contributed by atoms with Crippen molar-refractivity contribution in [1.29, 1.82) is 0 Å². The lowest BCUT2D eigenvalue weighted by Gasteiger charge is -2.36. The Balaban J connectivity index is 1.36. The number of halogens is 1. The molecule has 3 aliphatic heterocycles. The first-order valence-electron chi connectivity index (χ1n) is 11.1. The lowest BCUT2D eigenvalue weighted by atomic mass is 9.84. The van der Waals surface area contributed by atoms with Gasteiger partial charge in [-0.2, -0.15) is 5.10 Å². The summed E-state index contributed by atoms with van der Waals surface area (Å²) in [7, 11) is 1.86. The smallest absolute Gasteiger partial charge is 0.225 e. The van der Waals surface area contributed by atoms with E-state index in [2.05, 4.69) is 15.3 Å². The molecule has 3 atom stereocenters. The fourth-order valence-electron chi connectivity index (χ4n) is 5.30. The van der Waals surface area contributed by atoms with Gasteiger partial charge in [-0.15, -0.1) is 0 Å². The van der Waals surface area contributed by atoms with Gasteiger partial charge in [-0.05, 0) is 37.0 Å². The number of carbonyl (C=O) groups excluding carboxylic acids is 1. The zero-order chi connectivity index (χ0) is 21.4. The number of hydrogen-bond donors (Lipinski definition) is 1. The van der Waals surface area contributed by atoms with Gasteiger partial charge in [0.2, 0.25) is 5.91 Å². The number of nitrogens with one attached hydrogen (secondary N) is 1. The van der Waals surface area contributed by atoms with E-state index >= 15 is 0 Å². The van der Waals surface area contributed by atoms with Crippen molar-refractivity contribution in [3.05, 3.63) is 47.5 Å². The number of amides is 1. The Bertz CT molecular complexity index is 943. The summed E-state index contributed by atoms with van der Waals surface area (Å²) in [6, 6.07) is 4.73. The zero-order valence-corrected chi connectivity index (χ0v) is 17.8. The van der Waals surface area contributed by atoms with E-state index in [1.807, 2.05) is 13.2 Å². The molecule has 0 aliphatic carbocycles. The second-order valence-corrected chi connectivity index (χ2v) is 8.96. The molecule has 1 aromatic heterocycles. The fourth-order valence-corrected chi connectivity index (χ4v) is 5.30. The number of aromatic nitrogens is 2. The lowest BCUT2D eigenvalue weighted by Crippen LogP contribution is -2.38. The topological polar surface area (TPSA) is 68.6 Å². The van der Waals surface area contributed by atoms with Gasteiger partial charge < -0.3 is 14.8 Å².